The van der Waals surface area contributed by atoms with E-state index in [1.165, 1.54) is 19.3 Å². The van der Waals surface area contributed by atoms with Gasteiger partial charge in [0, 0.05) is 0 Å². The van der Waals surface area contributed by atoms with Crippen LogP contribution in [0.4, 0.5) is 0 Å². The van der Waals surface area contributed by atoms with Crippen molar-refractivity contribution in [2.24, 2.45) is 35.5 Å². The molecule has 0 amide bonds. The molecule has 4 fully saturated rings. The van der Waals surface area contributed by atoms with E-state index < -0.39 is 0 Å². The van der Waals surface area contributed by atoms with Crippen molar-refractivity contribution in [2.75, 3.05) is 0 Å². The van der Waals surface area contributed by atoms with Crippen molar-refractivity contribution in [3.05, 3.63) is 12.2 Å². The maximum Gasteiger partial charge on any atom is 0.0844 e. The summed E-state index contributed by atoms with van der Waals surface area (Å²) in [5.41, 5.74) is 0. The summed E-state index contributed by atoms with van der Waals surface area (Å²) in [5, 5.41) is 0. The third-order valence-corrected chi connectivity index (χ3v) is 6.20. The third-order valence-electron chi connectivity index (χ3n) is 6.20. The Labute approximate surface area is 90.9 Å². The van der Waals surface area contributed by atoms with E-state index in [4.69, 9.17) is 4.74 Å². The van der Waals surface area contributed by atoms with Gasteiger partial charge in [-0.3, -0.25) is 0 Å². The molecule has 1 heteroatoms. The first-order valence-corrected chi connectivity index (χ1v) is 6.74. The molecule has 0 N–H and O–H groups in total. The molecule has 2 bridgehead atoms. The third kappa shape index (κ3) is 0.824. The highest BCUT2D eigenvalue weighted by Gasteiger charge is 2.62. The predicted octanol–water partition coefficient (Wildman–Crippen LogP) is 2.62. The first kappa shape index (κ1) is 7.89. The van der Waals surface area contributed by atoms with Crippen LogP contribution in [0.15, 0.2) is 12.2 Å². The lowest BCUT2D eigenvalue weighted by Gasteiger charge is -2.39. The van der Waals surface area contributed by atoms with Gasteiger partial charge < -0.3 is 4.74 Å². The summed E-state index contributed by atoms with van der Waals surface area (Å²) < 4.78 is 5.74. The Morgan fingerprint density at radius 1 is 0.800 bits per heavy atom. The second-order valence-electron chi connectivity index (χ2n) is 6.48. The zero-order valence-electron chi connectivity index (χ0n) is 9.01. The van der Waals surface area contributed by atoms with Gasteiger partial charge in [0.25, 0.3) is 0 Å². The standard InChI is InChI=1S/C14H18O/c1-2-7-8(3-1)10-4-9(7)11-5-13-14(15-13)6-12(10)11/h1-2,7-14H,3-6H2. The van der Waals surface area contributed by atoms with E-state index >= 15 is 0 Å². The molecule has 5 aliphatic rings. The largest absolute Gasteiger partial charge is 0.370 e. The van der Waals surface area contributed by atoms with Crippen LogP contribution < -0.4 is 0 Å². The van der Waals surface area contributed by atoms with Gasteiger partial charge in [0.1, 0.15) is 0 Å². The fraction of sp³-hybridized carbons (Fsp3) is 0.857. The van der Waals surface area contributed by atoms with Crippen molar-refractivity contribution < 1.29 is 4.74 Å². The lowest BCUT2D eigenvalue weighted by molar-refractivity contribution is 0.103. The summed E-state index contributed by atoms with van der Waals surface area (Å²) in [6.07, 6.45) is 12.2. The van der Waals surface area contributed by atoms with E-state index in [0.29, 0.717) is 12.2 Å². The van der Waals surface area contributed by atoms with Crippen LogP contribution >= 0.6 is 0 Å². The minimum atomic E-state index is 0.689. The first-order chi connectivity index (χ1) is 7.42. The molecule has 1 nitrogen and oxygen atoms in total. The Kier molecular flexibility index (Phi) is 1.23. The molecule has 0 aromatic heterocycles. The van der Waals surface area contributed by atoms with E-state index in [9.17, 15) is 0 Å². The number of hydrogen-bond donors (Lipinski definition) is 0. The molecule has 1 aliphatic heterocycles. The van der Waals surface area contributed by atoms with E-state index in [0.717, 1.165) is 35.5 Å². The van der Waals surface area contributed by atoms with Gasteiger partial charge in [-0.25, -0.2) is 0 Å². The average Bonchev–Trinajstić information content (AvgIpc) is 2.64. The van der Waals surface area contributed by atoms with Crippen LogP contribution in [0.2, 0.25) is 0 Å². The number of allylic oxidation sites excluding steroid dienone is 2. The van der Waals surface area contributed by atoms with Crippen molar-refractivity contribution in [3.63, 3.8) is 0 Å². The SMILES string of the molecule is C1=CC2C3CC(C2C1)C1CC2OC2CC31. The van der Waals surface area contributed by atoms with Gasteiger partial charge in [-0.05, 0) is 61.2 Å². The average molecular weight is 202 g/mol. The molecule has 80 valence electrons. The summed E-state index contributed by atoms with van der Waals surface area (Å²) in [7, 11) is 0. The number of epoxide rings is 1. The van der Waals surface area contributed by atoms with Crippen molar-refractivity contribution in [1.29, 1.82) is 0 Å². The van der Waals surface area contributed by atoms with Gasteiger partial charge in [0.15, 0.2) is 0 Å². The summed E-state index contributed by atoms with van der Waals surface area (Å²) in [5.74, 6) is 6.25. The Balaban J connectivity index is 1.54. The van der Waals surface area contributed by atoms with Crippen LogP contribution in [0, 0.1) is 35.5 Å². The normalized spacial score (nSPS) is 67.7. The Morgan fingerprint density at radius 3 is 2.40 bits per heavy atom. The zero-order chi connectivity index (χ0) is 9.57. The highest BCUT2D eigenvalue weighted by Crippen LogP contribution is 2.66. The summed E-state index contributed by atoms with van der Waals surface area (Å²) >= 11 is 0. The quantitative estimate of drug-likeness (QED) is 0.434. The molecule has 0 aromatic carbocycles. The van der Waals surface area contributed by atoms with Crippen LogP contribution in [0.3, 0.4) is 0 Å². The van der Waals surface area contributed by atoms with Crippen LogP contribution in [-0.2, 0) is 4.74 Å². The van der Waals surface area contributed by atoms with Gasteiger partial charge >= 0.3 is 0 Å². The molecule has 0 aromatic rings. The smallest absolute Gasteiger partial charge is 0.0844 e. The molecule has 15 heavy (non-hydrogen) atoms. The van der Waals surface area contributed by atoms with Gasteiger partial charge in [-0.2, -0.15) is 0 Å². The first-order valence-electron chi connectivity index (χ1n) is 6.74. The second kappa shape index (κ2) is 2.34. The van der Waals surface area contributed by atoms with Crippen LogP contribution in [0.1, 0.15) is 25.7 Å². The fourth-order valence-electron chi connectivity index (χ4n) is 5.68. The van der Waals surface area contributed by atoms with E-state index in [1.54, 1.807) is 6.42 Å². The van der Waals surface area contributed by atoms with Crippen molar-refractivity contribution in [1.82, 2.24) is 0 Å². The van der Waals surface area contributed by atoms with Gasteiger partial charge in [0.05, 0.1) is 12.2 Å². The highest BCUT2D eigenvalue weighted by atomic mass is 16.6. The van der Waals surface area contributed by atoms with Gasteiger partial charge in [-0.15, -0.1) is 0 Å². The number of rotatable bonds is 0. The molecule has 1 saturated heterocycles. The molecular formula is C14H18O. The number of fused-ring (bicyclic) bond motifs is 9. The monoisotopic (exact) mass is 202 g/mol. The highest BCUT2D eigenvalue weighted by molar-refractivity contribution is 5.18. The predicted molar refractivity (Wildman–Crippen MR) is 57.2 cm³/mol. The number of ether oxygens (including phenoxy) is 1. The van der Waals surface area contributed by atoms with Crippen molar-refractivity contribution >= 4 is 0 Å². The molecule has 3 saturated carbocycles. The van der Waals surface area contributed by atoms with Gasteiger partial charge in [-0.1, -0.05) is 12.2 Å². The van der Waals surface area contributed by atoms with Crippen LogP contribution in [-0.4, -0.2) is 12.2 Å². The Morgan fingerprint density at radius 2 is 1.53 bits per heavy atom. The van der Waals surface area contributed by atoms with Crippen LogP contribution in [0.5, 0.6) is 0 Å². The summed E-state index contributed by atoms with van der Waals surface area (Å²) in [4.78, 5) is 0. The van der Waals surface area contributed by atoms with Crippen molar-refractivity contribution in [3.8, 4) is 0 Å². The Hall–Kier alpha value is -0.300. The molecule has 5 rings (SSSR count). The number of hydrogen-bond acceptors (Lipinski definition) is 1. The minimum absolute atomic E-state index is 0.689. The fourth-order valence-corrected chi connectivity index (χ4v) is 5.68. The molecule has 4 aliphatic carbocycles. The maximum absolute atomic E-state index is 5.74. The minimum Gasteiger partial charge on any atom is -0.370 e. The van der Waals surface area contributed by atoms with Gasteiger partial charge in [0.2, 0.25) is 0 Å². The lowest BCUT2D eigenvalue weighted by Crippen LogP contribution is -2.36. The zero-order valence-corrected chi connectivity index (χ0v) is 9.01. The Bertz CT molecular complexity index is 347. The molecule has 8 unspecified atom stereocenters. The van der Waals surface area contributed by atoms with Crippen LogP contribution in [0.25, 0.3) is 0 Å². The molecule has 0 spiro atoms. The van der Waals surface area contributed by atoms with E-state index in [1.807, 2.05) is 0 Å². The molecule has 8 atom stereocenters. The summed E-state index contributed by atoms with van der Waals surface area (Å²) in [6.45, 7) is 0. The molecule has 0 radical (unpaired) electrons. The lowest BCUT2D eigenvalue weighted by atomic mass is 9.64. The van der Waals surface area contributed by atoms with E-state index in [-0.39, 0.29) is 0 Å². The molecular weight excluding hydrogens is 184 g/mol. The second-order valence-corrected chi connectivity index (χ2v) is 6.48. The maximum atomic E-state index is 5.74. The topological polar surface area (TPSA) is 12.5 Å². The summed E-state index contributed by atoms with van der Waals surface area (Å²) in [6, 6.07) is 0. The van der Waals surface area contributed by atoms with Crippen molar-refractivity contribution in [2.45, 2.75) is 37.9 Å². The molecule has 1 heterocycles. The van der Waals surface area contributed by atoms with E-state index in [2.05, 4.69) is 12.2 Å².